The molecule has 0 atom stereocenters. The number of alkyl halides is 3. The van der Waals surface area contributed by atoms with Gasteiger partial charge in [-0.05, 0) is 94.7 Å². The fraction of sp³-hybridized carbons (Fsp3) is 0.500. The Balaban J connectivity index is 1.55. The van der Waals surface area contributed by atoms with Crippen LogP contribution in [-0.4, -0.2) is 64.3 Å². The zero-order valence-corrected chi connectivity index (χ0v) is 24.7. The highest BCUT2D eigenvalue weighted by atomic mass is 19.4. The summed E-state index contributed by atoms with van der Waals surface area (Å²) in [6, 6.07) is 10.5. The number of nitriles is 1. The van der Waals surface area contributed by atoms with E-state index in [1.165, 1.54) is 6.07 Å². The molecule has 0 spiro atoms. The molecule has 3 heterocycles. The molecule has 0 amide bonds. The molecular weight excluding hydrogens is 544 g/mol. The largest absolute Gasteiger partial charge is 0.406 e. The first-order chi connectivity index (χ1) is 19.9. The standard InChI is InChI=1S/C32H38F4N6/c1-5-41(6-2)26-11-14-40(15-12-26)20-23-16-24(33)17-29-28(23)18-27(42(29)22-32(34,35)36)8-7-13-38-25-9-10-30(39-19-25)31(3,4)21-37/h9-10,16-19,26,38H,5-6,11-15,20,22H2,1-4H3. The highest BCUT2D eigenvalue weighted by Crippen LogP contribution is 2.30. The van der Waals surface area contributed by atoms with Crippen LogP contribution in [0.5, 0.6) is 0 Å². The maximum Gasteiger partial charge on any atom is 0.406 e. The number of hydrogen-bond acceptors (Lipinski definition) is 5. The number of aromatic nitrogens is 2. The van der Waals surface area contributed by atoms with Crippen LogP contribution in [0.4, 0.5) is 23.2 Å². The van der Waals surface area contributed by atoms with Crippen molar-refractivity contribution in [3.8, 4) is 17.9 Å². The van der Waals surface area contributed by atoms with Gasteiger partial charge in [0.1, 0.15) is 12.4 Å². The zero-order chi connectivity index (χ0) is 30.5. The molecule has 42 heavy (non-hydrogen) atoms. The minimum Gasteiger partial charge on any atom is -0.373 e. The summed E-state index contributed by atoms with van der Waals surface area (Å²) < 4.78 is 56.6. The van der Waals surface area contributed by atoms with Crippen molar-refractivity contribution < 1.29 is 17.6 Å². The molecule has 0 aliphatic carbocycles. The smallest absolute Gasteiger partial charge is 0.373 e. The van der Waals surface area contributed by atoms with Crippen LogP contribution in [0, 0.1) is 29.0 Å². The number of fused-ring (bicyclic) bond motifs is 1. The minimum atomic E-state index is -4.50. The lowest BCUT2D eigenvalue weighted by Gasteiger charge is -2.37. The van der Waals surface area contributed by atoms with Crippen LogP contribution in [0.3, 0.4) is 0 Å². The van der Waals surface area contributed by atoms with Gasteiger partial charge >= 0.3 is 6.18 Å². The average molecular weight is 583 g/mol. The maximum absolute atomic E-state index is 14.8. The van der Waals surface area contributed by atoms with Crippen molar-refractivity contribution in [2.45, 2.75) is 71.3 Å². The van der Waals surface area contributed by atoms with Crippen molar-refractivity contribution in [2.24, 2.45) is 0 Å². The number of rotatable bonds is 9. The highest BCUT2D eigenvalue weighted by molar-refractivity contribution is 5.86. The van der Waals surface area contributed by atoms with E-state index < -0.39 is 24.0 Å². The maximum atomic E-state index is 14.8. The first-order valence-corrected chi connectivity index (χ1v) is 14.4. The molecule has 0 unspecified atom stereocenters. The molecule has 0 bridgehead atoms. The fourth-order valence-electron chi connectivity index (χ4n) is 5.61. The van der Waals surface area contributed by atoms with Gasteiger partial charge in [-0.25, -0.2) is 4.39 Å². The molecule has 1 aromatic carbocycles. The van der Waals surface area contributed by atoms with Gasteiger partial charge < -0.3 is 14.8 Å². The second-order valence-electron chi connectivity index (χ2n) is 11.3. The van der Waals surface area contributed by atoms with E-state index in [1.54, 1.807) is 38.2 Å². The van der Waals surface area contributed by atoms with Crippen LogP contribution in [0.1, 0.15) is 57.5 Å². The topological polar surface area (TPSA) is 60.1 Å². The van der Waals surface area contributed by atoms with Crippen molar-refractivity contribution >= 4 is 16.6 Å². The van der Waals surface area contributed by atoms with Crippen molar-refractivity contribution in [3.05, 3.63) is 59.3 Å². The predicted octanol–water partition coefficient (Wildman–Crippen LogP) is 6.31. The van der Waals surface area contributed by atoms with Crippen LogP contribution in [0.25, 0.3) is 10.9 Å². The van der Waals surface area contributed by atoms with Crippen molar-refractivity contribution in [3.63, 3.8) is 0 Å². The monoisotopic (exact) mass is 582 g/mol. The van der Waals surface area contributed by atoms with Gasteiger partial charge in [-0.1, -0.05) is 19.8 Å². The van der Waals surface area contributed by atoms with Gasteiger partial charge in [0.05, 0.1) is 46.8 Å². The minimum absolute atomic E-state index is 0.166. The normalized spacial score (nSPS) is 15.0. The summed E-state index contributed by atoms with van der Waals surface area (Å²) in [5.41, 5.74) is 1.63. The second kappa shape index (κ2) is 13.1. The van der Waals surface area contributed by atoms with Gasteiger partial charge in [-0.15, -0.1) is 0 Å². The first kappa shape index (κ1) is 31.3. The van der Waals surface area contributed by atoms with Gasteiger partial charge in [0, 0.05) is 18.0 Å². The molecule has 1 N–H and O–H groups in total. The molecule has 3 aromatic rings. The molecule has 1 aliphatic rings. The van der Waals surface area contributed by atoms with E-state index in [9.17, 15) is 22.8 Å². The molecule has 4 rings (SSSR count). The lowest BCUT2D eigenvalue weighted by molar-refractivity contribution is -0.140. The third kappa shape index (κ3) is 7.61. The molecule has 224 valence electrons. The SMILES string of the molecule is CCN(CC)C1CCN(Cc2cc(F)cc3c2cc(C#CCNc2ccc(C(C)(C)C#N)nc2)n3CC(F)(F)F)CC1. The summed E-state index contributed by atoms with van der Waals surface area (Å²) in [6.45, 7) is 11.0. The summed E-state index contributed by atoms with van der Waals surface area (Å²) in [7, 11) is 0. The lowest BCUT2D eigenvalue weighted by Crippen LogP contribution is -2.44. The van der Waals surface area contributed by atoms with E-state index in [4.69, 9.17) is 0 Å². The number of likely N-dealkylation sites (tertiary alicyclic amines) is 1. The molecule has 0 saturated carbocycles. The Morgan fingerprint density at radius 1 is 1.10 bits per heavy atom. The molecular formula is C32H38F4N6. The van der Waals surface area contributed by atoms with Gasteiger partial charge in [0.15, 0.2) is 0 Å². The molecule has 0 radical (unpaired) electrons. The van der Waals surface area contributed by atoms with E-state index in [0.717, 1.165) is 49.7 Å². The molecule has 1 aliphatic heterocycles. The van der Waals surface area contributed by atoms with Crippen LogP contribution >= 0.6 is 0 Å². The zero-order valence-electron chi connectivity index (χ0n) is 24.7. The number of halogens is 4. The summed E-state index contributed by atoms with van der Waals surface area (Å²) in [5.74, 6) is 5.20. The van der Waals surface area contributed by atoms with E-state index in [2.05, 4.69) is 51.9 Å². The van der Waals surface area contributed by atoms with Gasteiger partial charge in [0.25, 0.3) is 0 Å². The van der Waals surface area contributed by atoms with Crippen molar-refractivity contribution in [1.29, 1.82) is 5.26 Å². The first-order valence-electron chi connectivity index (χ1n) is 14.4. The predicted molar refractivity (Wildman–Crippen MR) is 157 cm³/mol. The summed E-state index contributed by atoms with van der Waals surface area (Å²) in [5, 5.41) is 13.0. The molecule has 1 fully saturated rings. The van der Waals surface area contributed by atoms with Crippen LogP contribution < -0.4 is 5.32 Å². The van der Waals surface area contributed by atoms with Gasteiger partial charge in [0.2, 0.25) is 0 Å². The number of piperidine rings is 1. The van der Waals surface area contributed by atoms with Crippen molar-refractivity contribution in [2.75, 3.05) is 38.0 Å². The van der Waals surface area contributed by atoms with Crippen LogP contribution in [0.15, 0.2) is 36.5 Å². The Morgan fingerprint density at radius 3 is 2.40 bits per heavy atom. The van der Waals surface area contributed by atoms with E-state index in [1.807, 2.05) is 0 Å². The number of hydrogen-bond donors (Lipinski definition) is 1. The Labute approximate surface area is 245 Å². The number of nitrogens with one attached hydrogen (secondary N) is 1. The van der Waals surface area contributed by atoms with E-state index in [0.29, 0.717) is 34.9 Å². The number of pyridine rings is 1. The fourth-order valence-corrected chi connectivity index (χ4v) is 5.61. The van der Waals surface area contributed by atoms with E-state index >= 15 is 0 Å². The Morgan fingerprint density at radius 2 is 1.81 bits per heavy atom. The number of benzene rings is 1. The van der Waals surface area contributed by atoms with E-state index in [-0.39, 0.29) is 17.8 Å². The molecule has 6 nitrogen and oxygen atoms in total. The third-order valence-electron chi connectivity index (χ3n) is 7.97. The van der Waals surface area contributed by atoms with Gasteiger partial charge in [-0.3, -0.25) is 9.88 Å². The number of anilines is 1. The van der Waals surface area contributed by atoms with Crippen LogP contribution in [0.2, 0.25) is 0 Å². The summed E-state index contributed by atoms with van der Waals surface area (Å²) in [6.07, 6.45) is -0.888. The summed E-state index contributed by atoms with van der Waals surface area (Å²) >= 11 is 0. The Kier molecular flexibility index (Phi) is 9.81. The third-order valence-corrected chi connectivity index (χ3v) is 7.97. The number of nitrogens with zero attached hydrogens (tertiary/aromatic N) is 5. The van der Waals surface area contributed by atoms with Crippen LogP contribution in [-0.2, 0) is 18.5 Å². The molecule has 2 aromatic heterocycles. The molecule has 10 heteroatoms. The quantitative estimate of drug-likeness (QED) is 0.237. The van der Waals surface area contributed by atoms with Gasteiger partial charge in [-0.2, -0.15) is 18.4 Å². The highest BCUT2D eigenvalue weighted by Gasteiger charge is 2.30. The molecule has 1 saturated heterocycles. The second-order valence-corrected chi connectivity index (χ2v) is 11.3. The van der Waals surface area contributed by atoms with Crippen molar-refractivity contribution in [1.82, 2.24) is 19.4 Å². The average Bonchev–Trinajstić information content (AvgIpc) is 3.28. The Hall–Kier alpha value is -3.60. The summed E-state index contributed by atoms with van der Waals surface area (Å²) in [4.78, 5) is 9.03. The lowest BCUT2D eigenvalue weighted by atomic mass is 9.91. The Bertz CT molecular complexity index is 1460.